The van der Waals surface area contributed by atoms with Crippen LogP contribution in [0.1, 0.15) is 0 Å². The standard InChI is InChI=1S/C58H36N2S/c1-2-11-42(12-3-1)58-59-53(39-20-22-40(23-21-39)56-35-48-14-6-9-17-55(48)61-56)36-54(60-58)47-29-28-44-32-43(26-27-45(44)33-47)37-18-24-41(25-19-37)57-50-16-8-5-13-46(50)34-52-49-15-7-4-10-38(49)30-31-51(52)57/h1-36H. The molecule has 2 nitrogen and oxygen atoms in total. The van der Waals surface area contributed by atoms with E-state index in [0.717, 1.165) is 28.1 Å². The topological polar surface area (TPSA) is 25.8 Å². The molecule has 0 aliphatic carbocycles. The van der Waals surface area contributed by atoms with Gasteiger partial charge in [-0.15, -0.1) is 11.3 Å². The summed E-state index contributed by atoms with van der Waals surface area (Å²) in [5.74, 6) is 0.713. The highest BCUT2D eigenvalue weighted by atomic mass is 32.1. The van der Waals surface area contributed by atoms with Gasteiger partial charge in [0.05, 0.1) is 11.4 Å². The molecule has 0 aliphatic heterocycles. The Hall–Kier alpha value is -7.72. The summed E-state index contributed by atoms with van der Waals surface area (Å²) >= 11 is 1.83. The Labute approximate surface area is 357 Å². The molecular weight excluding hydrogens is 757 g/mol. The first kappa shape index (κ1) is 35.2. The largest absolute Gasteiger partial charge is 0.228 e. The lowest BCUT2D eigenvalue weighted by Gasteiger charge is -2.14. The third-order valence-electron chi connectivity index (χ3n) is 12.1. The molecule has 0 saturated carbocycles. The molecule has 12 aromatic rings. The summed E-state index contributed by atoms with van der Waals surface area (Å²) in [7, 11) is 0. The monoisotopic (exact) mass is 792 g/mol. The molecule has 2 aromatic heterocycles. The lowest BCUT2D eigenvalue weighted by atomic mass is 9.89. The van der Waals surface area contributed by atoms with Gasteiger partial charge in [0.2, 0.25) is 0 Å². The van der Waals surface area contributed by atoms with Crippen molar-refractivity contribution in [3.05, 3.63) is 218 Å². The Morgan fingerprint density at radius 1 is 0.279 bits per heavy atom. The summed E-state index contributed by atoms with van der Waals surface area (Å²) in [5.41, 5.74) is 11.0. The van der Waals surface area contributed by atoms with Crippen molar-refractivity contribution in [2.24, 2.45) is 0 Å². The lowest BCUT2D eigenvalue weighted by molar-refractivity contribution is 1.18. The number of fused-ring (bicyclic) bond motifs is 6. The molecule has 0 atom stereocenters. The number of benzene rings is 10. The molecule has 284 valence electrons. The van der Waals surface area contributed by atoms with Crippen molar-refractivity contribution in [2.45, 2.75) is 0 Å². The second-order valence-electron chi connectivity index (χ2n) is 15.8. The van der Waals surface area contributed by atoms with Crippen LogP contribution in [-0.2, 0) is 0 Å². The van der Waals surface area contributed by atoms with Crippen molar-refractivity contribution >= 4 is 64.5 Å². The normalized spacial score (nSPS) is 11.6. The predicted octanol–water partition coefficient (Wildman–Crippen LogP) is 16.3. The Morgan fingerprint density at radius 2 is 0.852 bits per heavy atom. The van der Waals surface area contributed by atoms with Crippen LogP contribution in [0.3, 0.4) is 0 Å². The summed E-state index contributed by atoms with van der Waals surface area (Å²) in [5, 5.41) is 11.3. The fourth-order valence-electron chi connectivity index (χ4n) is 8.93. The number of rotatable bonds is 6. The van der Waals surface area contributed by atoms with Gasteiger partial charge in [-0.1, -0.05) is 182 Å². The molecule has 12 rings (SSSR count). The maximum absolute atomic E-state index is 5.14. The highest BCUT2D eigenvalue weighted by Gasteiger charge is 2.15. The van der Waals surface area contributed by atoms with E-state index in [1.165, 1.54) is 85.9 Å². The van der Waals surface area contributed by atoms with Crippen molar-refractivity contribution < 1.29 is 0 Å². The second-order valence-corrected chi connectivity index (χ2v) is 16.8. The molecule has 0 fully saturated rings. The molecule has 3 heteroatoms. The van der Waals surface area contributed by atoms with Gasteiger partial charge in [-0.05, 0) is 113 Å². The van der Waals surface area contributed by atoms with Crippen LogP contribution in [0.2, 0.25) is 0 Å². The minimum absolute atomic E-state index is 0.713. The number of hydrogen-bond donors (Lipinski definition) is 0. The van der Waals surface area contributed by atoms with Gasteiger partial charge < -0.3 is 0 Å². The van der Waals surface area contributed by atoms with Crippen molar-refractivity contribution in [1.82, 2.24) is 9.97 Å². The SMILES string of the molecule is c1ccc(-c2nc(-c3ccc(-c4cc5ccccc5s4)cc3)cc(-c3ccc4cc(-c5ccc(-c6c7ccccc7cc7c6ccc6ccccc67)cc5)ccc4c3)n2)cc1. The Bertz CT molecular complexity index is 3590. The fraction of sp³-hybridized carbons (Fsp3) is 0. The Balaban J connectivity index is 0.883. The first-order valence-electron chi connectivity index (χ1n) is 20.7. The summed E-state index contributed by atoms with van der Waals surface area (Å²) < 4.78 is 1.30. The number of hydrogen-bond acceptors (Lipinski definition) is 3. The Morgan fingerprint density at radius 3 is 1.64 bits per heavy atom. The number of thiophene rings is 1. The third kappa shape index (κ3) is 6.35. The van der Waals surface area contributed by atoms with Crippen LogP contribution in [0.4, 0.5) is 0 Å². The van der Waals surface area contributed by atoms with E-state index in [-0.39, 0.29) is 0 Å². The molecule has 0 aliphatic rings. The summed E-state index contributed by atoms with van der Waals surface area (Å²) in [6.45, 7) is 0. The third-order valence-corrected chi connectivity index (χ3v) is 13.2. The summed E-state index contributed by atoms with van der Waals surface area (Å²) in [6, 6.07) is 78.9. The average Bonchev–Trinajstić information content (AvgIpc) is 3.78. The van der Waals surface area contributed by atoms with Gasteiger partial charge in [-0.3, -0.25) is 0 Å². The smallest absolute Gasteiger partial charge is 0.160 e. The molecular formula is C58H36N2S. The van der Waals surface area contributed by atoms with Crippen molar-refractivity contribution in [3.8, 4) is 66.6 Å². The van der Waals surface area contributed by atoms with Crippen LogP contribution >= 0.6 is 11.3 Å². The maximum Gasteiger partial charge on any atom is 0.160 e. The molecule has 0 radical (unpaired) electrons. The molecule has 0 spiro atoms. The van der Waals surface area contributed by atoms with Crippen LogP contribution in [0.25, 0.3) is 120 Å². The first-order valence-corrected chi connectivity index (χ1v) is 21.5. The molecule has 0 saturated heterocycles. The van der Waals surface area contributed by atoms with Crippen molar-refractivity contribution in [3.63, 3.8) is 0 Å². The van der Waals surface area contributed by atoms with E-state index in [1.807, 2.05) is 29.5 Å². The molecule has 0 amide bonds. The van der Waals surface area contributed by atoms with Crippen LogP contribution in [0, 0.1) is 0 Å². The summed E-state index contributed by atoms with van der Waals surface area (Å²) in [4.78, 5) is 11.5. The van der Waals surface area contributed by atoms with Gasteiger partial charge >= 0.3 is 0 Å². The molecule has 2 heterocycles. The van der Waals surface area contributed by atoms with Gasteiger partial charge in [-0.2, -0.15) is 0 Å². The predicted molar refractivity (Wildman–Crippen MR) is 260 cm³/mol. The van der Waals surface area contributed by atoms with Gasteiger partial charge in [-0.25, -0.2) is 9.97 Å². The lowest BCUT2D eigenvalue weighted by Crippen LogP contribution is -1.96. The van der Waals surface area contributed by atoms with E-state index in [1.54, 1.807) is 0 Å². The van der Waals surface area contributed by atoms with Gasteiger partial charge in [0.25, 0.3) is 0 Å². The van der Waals surface area contributed by atoms with E-state index in [2.05, 4.69) is 200 Å². The molecule has 0 N–H and O–H groups in total. The minimum Gasteiger partial charge on any atom is -0.228 e. The molecule has 0 unspecified atom stereocenters. The van der Waals surface area contributed by atoms with Crippen LogP contribution in [0.5, 0.6) is 0 Å². The number of aromatic nitrogens is 2. The van der Waals surface area contributed by atoms with Gasteiger partial charge in [0, 0.05) is 26.3 Å². The van der Waals surface area contributed by atoms with E-state index in [4.69, 9.17) is 9.97 Å². The van der Waals surface area contributed by atoms with Crippen LogP contribution < -0.4 is 0 Å². The van der Waals surface area contributed by atoms with Gasteiger partial charge in [0.15, 0.2) is 5.82 Å². The summed E-state index contributed by atoms with van der Waals surface area (Å²) in [6.07, 6.45) is 0. The van der Waals surface area contributed by atoms with Crippen LogP contribution in [0.15, 0.2) is 218 Å². The first-order chi connectivity index (χ1) is 30.2. The molecule has 0 bridgehead atoms. The van der Waals surface area contributed by atoms with E-state index in [9.17, 15) is 0 Å². The van der Waals surface area contributed by atoms with Crippen LogP contribution in [-0.4, -0.2) is 9.97 Å². The minimum atomic E-state index is 0.713. The fourth-order valence-corrected chi connectivity index (χ4v) is 10.0. The average molecular weight is 793 g/mol. The quantitative estimate of drug-likeness (QED) is 0.124. The zero-order valence-corrected chi connectivity index (χ0v) is 33.9. The zero-order valence-electron chi connectivity index (χ0n) is 33.1. The highest BCUT2D eigenvalue weighted by Crippen LogP contribution is 2.41. The number of nitrogens with zero attached hydrogens (tertiary/aromatic N) is 2. The van der Waals surface area contributed by atoms with E-state index in [0.29, 0.717) is 5.82 Å². The Kier molecular flexibility index (Phi) is 8.39. The van der Waals surface area contributed by atoms with Crippen molar-refractivity contribution in [2.75, 3.05) is 0 Å². The van der Waals surface area contributed by atoms with Gasteiger partial charge in [0.1, 0.15) is 0 Å². The second kappa shape index (κ2) is 14.5. The maximum atomic E-state index is 5.14. The molecule has 61 heavy (non-hydrogen) atoms. The van der Waals surface area contributed by atoms with E-state index < -0.39 is 0 Å². The zero-order chi connectivity index (χ0) is 40.3. The van der Waals surface area contributed by atoms with E-state index >= 15 is 0 Å². The van der Waals surface area contributed by atoms with Crippen molar-refractivity contribution in [1.29, 1.82) is 0 Å². The highest BCUT2D eigenvalue weighted by molar-refractivity contribution is 7.22. The molecule has 10 aromatic carbocycles.